The second kappa shape index (κ2) is 8.22. The van der Waals surface area contributed by atoms with Crippen molar-refractivity contribution in [2.24, 2.45) is 0 Å². The van der Waals surface area contributed by atoms with E-state index in [-0.39, 0.29) is 17.1 Å². The molecule has 4 aromatic rings. The van der Waals surface area contributed by atoms with Gasteiger partial charge in [0.1, 0.15) is 11.3 Å². The number of hydrogen-bond donors (Lipinski definition) is 0. The van der Waals surface area contributed by atoms with Crippen LogP contribution in [0, 0.1) is 0 Å². The molecule has 0 saturated carbocycles. The third-order valence-corrected chi connectivity index (χ3v) is 6.59. The van der Waals surface area contributed by atoms with Gasteiger partial charge in [-0.05, 0) is 53.6 Å². The first-order valence-electron chi connectivity index (χ1n) is 9.92. The molecule has 0 saturated heterocycles. The van der Waals surface area contributed by atoms with Crippen molar-refractivity contribution in [3.05, 3.63) is 108 Å². The van der Waals surface area contributed by atoms with Crippen LogP contribution >= 0.6 is 31.9 Å². The highest BCUT2D eigenvalue weighted by Crippen LogP contribution is 2.40. The molecular formula is C25H17Br2NO4. The van der Waals surface area contributed by atoms with Gasteiger partial charge >= 0.3 is 0 Å². The number of carbonyl (C=O) groups excluding carboxylic acids is 1. The van der Waals surface area contributed by atoms with Crippen LogP contribution in [0.4, 0.5) is 0 Å². The molecular weight excluding hydrogens is 538 g/mol. The van der Waals surface area contributed by atoms with E-state index in [1.165, 1.54) is 0 Å². The fourth-order valence-electron chi connectivity index (χ4n) is 4.11. The summed E-state index contributed by atoms with van der Waals surface area (Å²) in [4.78, 5) is 28.8. The van der Waals surface area contributed by atoms with Crippen LogP contribution < -0.4 is 10.2 Å². The molecule has 1 amide bonds. The van der Waals surface area contributed by atoms with Crippen molar-refractivity contribution in [3.63, 3.8) is 0 Å². The maximum absolute atomic E-state index is 13.6. The van der Waals surface area contributed by atoms with E-state index in [1.54, 1.807) is 30.2 Å². The van der Waals surface area contributed by atoms with Gasteiger partial charge < -0.3 is 14.1 Å². The molecule has 3 aromatic carbocycles. The molecule has 1 aromatic heterocycles. The van der Waals surface area contributed by atoms with Crippen LogP contribution in [0.15, 0.2) is 84.9 Å². The predicted octanol–water partition coefficient (Wildman–Crippen LogP) is 6.07. The predicted molar refractivity (Wildman–Crippen MR) is 129 cm³/mol. The summed E-state index contributed by atoms with van der Waals surface area (Å²) < 4.78 is 12.9. The molecule has 1 unspecified atom stereocenters. The van der Waals surface area contributed by atoms with Crippen LogP contribution in [0.1, 0.15) is 33.3 Å². The standard InChI is InChI=1S/C25H17Br2NO4/c1-31-18-8-5-14(6-9-18)13-28-22(15-3-2-4-16(26)11-15)21-23(29)19-12-17(27)7-10-20(19)32-24(21)25(28)30/h2-12,22H,13H2,1H3. The van der Waals surface area contributed by atoms with Crippen LogP contribution in [-0.4, -0.2) is 17.9 Å². The summed E-state index contributed by atoms with van der Waals surface area (Å²) in [5.74, 6) is 0.535. The lowest BCUT2D eigenvalue weighted by Crippen LogP contribution is -2.29. The summed E-state index contributed by atoms with van der Waals surface area (Å²) in [6.07, 6.45) is 0. The minimum absolute atomic E-state index is 0.100. The Morgan fingerprint density at radius 3 is 2.44 bits per heavy atom. The van der Waals surface area contributed by atoms with Crippen molar-refractivity contribution in [2.45, 2.75) is 12.6 Å². The van der Waals surface area contributed by atoms with Gasteiger partial charge in [0.2, 0.25) is 5.76 Å². The molecule has 7 heteroatoms. The molecule has 5 rings (SSSR count). The Morgan fingerprint density at radius 2 is 1.72 bits per heavy atom. The summed E-state index contributed by atoms with van der Waals surface area (Å²) >= 11 is 6.93. The minimum atomic E-state index is -0.559. The van der Waals surface area contributed by atoms with Gasteiger partial charge in [0.15, 0.2) is 5.43 Å². The molecule has 2 heterocycles. The number of ether oxygens (including phenoxy) is 1. The zero-order chi connectivity index (χ0) is 22.4. The van der Waals surface area contributed by atoms with Crippen molar-refractivity contribution in [1.29, 1.82) is 0 Å². The molecule has 0 bridgehead atoms. The number of halogens is 2. The number of nitrogens with zero attached hydrogens (tertiary/aromatic N) is 1. The molecule has 160 valence electrons. The Kier molecular flexibility index (Phi) is 5.39. The first-order valence-corrected chi connectivity index (χ1v) is 11.5. The Labute approximate surface area is 200 Å². The van der Waals surface area contributed by atoms with Crippen LogP contribution in [0.2, 0.25) is 0 Å². The first-order chi connectivity index (χ1) is 15.5. The zero-order valence-corrected chi connectivity index (χ0v) is 20.1. The van der Waals surface area contributed by atoms with Crippen molar-refractivity contribution in [3.8, 4) is 5.75 Å². The van der Waals surface area contributed by atoms with Crippen molar-refractivity contribution >= 4 is 48.7 Å². The number of rotatable bonds is 4. The van der Waals surface area contributed by atoms with E-state index in [4.69, 9.17) is 9.15 Å². The molecule has 32 heavy (non-hydrogen) atoms. The number of methoxy groups -OCH3 is 1. The second-order valence-electron chi connectivity index (χ2n) is 7.55. The average Bonchev–Trinajstić information content (AvgIpc) is 3.07. The molecule has 0 fully saturated rings. The molecule has 1 aliphatic heterocycles. The molecule has 1 aliphatic rings. The largest absolute Gasteiger partial charge is 0.497 e. The van der Waals surface area contributed by atoms with E-state index in [0.29, 0.717) is 23.1 Å². The van der Waals surface area contributed by atoms with Crippen molar-refractivity contribution < 1.29 is 13.9 Å². The number of amides is 1. The van der Waals surface area contributed by atoms with Gasteiger partial charge in [-0.3, -0.25) is 9.59 Å². The Morgan fingerprint density at radius 1 is 0.969 bits per heavy atom. The van der Waals surface area contributed by atoms with Crippen molar-refractivity contribution in [1.82, 2.24) is 4.90 Å². The van der Waals surface area contributed by atoms with Crippen LogP contribution in [0.3, 0.4) is 0 Å². The topological polar surface area (TPSA) is 59.8 Å². The quantitative estimate of drug-likeness (QED) is 0.307. The fourth-order valence-corrected chi connectivity index (χ4v) is 4.88. The summed E-state index contributed by atoms with van der Waals surface area (Å²) in [5, 5.41) is 0.442. The van der Waals surface area contributed by atoms with Gasteiger partial charge in [-0.15, -0.1) is 0 Å². The summed E-state index contributed by atoms with van der Waals surface area (Å²) in [6.45, 7) is 0.323. The van der Waals surface area contributed by atoms with Gasteiger partial charge in [-0.2, -0.15) is 0 Å². The highest BCUT2D eigenvalue weighted by atomic mass is 79.9. The van der Waals surface area contributed by atoms with Crippen molar-refractivity contribution in [2.75, 3.05) is 7.11 Å². The van der Waals surface area contributed by atoms with Crippen LogP contribution in [0.25, 0.3) is 11.0 Å². The first kappa shape index (κ1) is 21.0. The van der Waals surface area contributed by atoms with E-state index in [0.717, 1.165) is 25.8 Å². The zero-order valence-electron chi connectivity index (χ0n) is 17.0. The van der Waals surface area contributed by atoms with E-state index < -0.39 is 6.04 Å². The molecule has 0 radical (unpaired) electrons. The maximum Gasteiger partial charge on any atom is 0.291 e. The smallest absolute Gasteiger partial charge is 0.291 e. The molecule has 0 spiro atoms. The van der Waals surface area contributed by atoms with Gasteiger partial charge in [-0.1, -0.05) is 56.1 Å². The summed E-state index contributed by atoms with van der Waals surface area (Å²) in [5.41, 5.74) is 2.32. The lowest BCUT2D eigenvalue weighted by atomic mass is 9.98. The van der Waals surface area contributed by atoms with E-state index in [9.17, 15) is 9.59 Å². The Bertz CT molecular complexity index is 1410. The highest BCUT2D eigenvalue weighted by Gasteiger charge is 2.42. The third-order valence-electron chi connectivity index (χ3n) is 5.60. The Hall–Kier alpha value is -2.90. The van der Waals surface area contributed by atoms with E-state index in [2.05, 4.69) is 31.9 Å². The van der Waals surface area contributed by atoms with Crippen LogP contribution in [0.5, 0.6) is 5.75 Å². The monoisotopic (exact) mass is 553 g/mol. The lowest BCUT2D eigenvalue weighted by Gasteiger charge is -2.25. The van der Waals surface area contributed by atoms with E-state index in [1.807, 2.05) is 48.5 Å². The van der Waals surface area contributed by atoms with E-state index >= 15 is 0 Å². The van der Waals surface area contributed by atoms with Gasteiger partial charge in [0.25, 0.3) is 5.91 Å². The number of benzene rings is 3. The fraction of sp³-hybridized carbons (Fsp3) is 0.120. The number of carbonyl (C=O) groups is 1. The number of fused-ring (bicyclic) bond motifs is 2. The second-order valence-corrected chi connectivity index (χ2v) is 9.38. The normalized spacial score (nSPS) is 15.3. The summed E-state index contributed by atoms with van der Waals surface area (Å²) in [7, 11) is 1.61. The van der Waals surface area contributed by atoms with Gasteiger partial charge in [-0.25, -0.2) is 0 Å². The molecule has 0 N–H and O–H groups in total. The lowest BCUT2D eigenvalue weighted by molar-refractivity contribution is 0.0714. The summed E-state index contributed by atoms with van der Waals surface area (Å²) in [6, 6.07) is 19.9. The van der Waals surface area contributed by atoms with Gasteiger partial charge in [0, 0.05) is 15.5 Å². The minimum Gasteiger partial charge on any atom is -0.497 e. The molecule has 5 nitrogen and oxygen atoms in total. The van der Waals surface area contributed by atoms with Crippen LogP contribution in [-0.2, 0) is 6.54 Å². The maximum atomic E-state index is 13.6. The number of hydrogen-bond acceptors (Lipinski definition) is 4. The molecule has 1 atom stereocenters. The molecule has 0 aliphatic carbocycles. The highest BCUT2D eigenvalue weighted by molar-refractivity contribution is 9.10. The third kappa shape index (κ3) is 3.55. The Balaban J connectivity index is 1.70. The SMILES string of the molecule is COc1ccc(CN2C(=O)c3oc4ccc(Br)cc4c(=O)c3C2c2cccc(Br)c2)cc1. The van der Waals surface area contributed by atoms with Gasteiger partial charge in [0.05, 0.1) is 24.1 Å². The average molecular weight is 555 g/mol.